The van der Waals surface area contributed by atoms with E-state index in [9.17, 15) is 13.6 Å². The molecule has 0 spiro atoms. The van der Waals surface area contributed by atoms with Gasteiger partial charge in [0.05, 0.1) is 0 Å². The minimum atomic E-state index is -0.452. The fraction of sp³-hybridized carbons (Fsp3) is 0.278. The first-order valence-electron chi connectivity index (χ1n) is 7.56. The zero-order valence-electron chi connectivity index (χ0n) is 13.2. The molecular weight excluding hydrogens is 298 g/mol. The van der Waals surface area contributed by atoms with Gasteiger partial charge >= 0.3 is 0 Å². The van der Waals surface area contributed by atoms with E-state index in [2.05, 4.69) is 10.6 Å². The molecule has 0 radical (unpaired) electrons. The molecule has 0 aliphatic heterocycles. The van der Waals surface area contributed by atoms with Crippen LogP contribution in [0.1, 0.15) is 37.4 Å². The maximum absolute atomic E-state index is 13.6. The molecule has 5 heteroatoms. The average molecular weight is 318 g/mol. The summed E-state index contributed by atoms with van der Waals surface area (Å²) in [6.07, 6.45) is 0.429. The Bertz CT molecular complexity index is 671. The molecule has 2 aromatic rings. The van der Waals surface area contributed by atoms with Crippen LogP contribution < -0.4 is 10.6 Å². The molecular formula is C18H20F2N2O. The highest BCUT2D eigenvalue weighted by molar-refractivity contribution is 5.90. The Hall–Kier alpha value is -2.27. The van der Waals surface area contributed by atoms with Crippen LogP contribution in [-0.2, 0) is 11.3 Å². The Morgan fingerprint density at radius 1 is 1.13 bits per heavy atom. The zero-order chi connectivity index (χ0) is 16.8. The molecule has 122 valence electrons. The van der Waals surface area contributed by atoms with Crippen LogP contribution in [0.15, 0.2) is 42.5 Å². The summed E-state index contributed by atoms with van der Waals surface area (Å²) in [6.45, 7) is 3.97. The van der Waals surface area contributed by atoms with Gasteiger partial charge in [-0.15, -0.1) is 0 Å². The maximum atomic E-state index is 13.6. The summed E-state index contributed by atoms with van der Waals surface area (Å²) < 4.78 is 26.7. The molecule has 3 nitrogen and oxygen atoms in total. The van der Waals surface area contributed by atoms with E-state index in [0.29, 0.717) is 12.0 Å². The molecule has 0 saturated heterocycles. The number of halogens is 2. The minimum absolute atomic E-state index is 0.0337. The van der Waals surface area contributed by atoms with Gasteiger partial charge in [0.2, 0.25) is 5.91 Å². The maximum Gasteiger partial charge on any atom is 0.224 e. The number of hydrogen-bond acceptors (Lipinski definition) is 2. The summed E-state index contributed by atoms with van der Waals surface area (Å²) in [5.74, 6) is -0.916. The van der Waals surface area contributed by atoms with Crippen LogP contribution in [0.5, 0.6) is 0 Å². The molecule has 0 bridgehead atoms. The van der Waals surface area contributed by atoms with Crippen LogP contribution in [0.2, 0.25) is 0 Å². The van der Waals surface area contributed by atoms with Crippen LogP contribution in [0, 0.1) is 11.6 Å². The van der Waals surface area contributed by atoms with Crippen molar-refractivity contribution >= 4 is 11.6 Å². The van der Waals surface area contributed by atoms with Crippen LogP contribution in [-0.4, -0.2) is 5.91 Å². The van der Waals surface area contributed by atoms with Crippen LogP contribution in [0.3, 0.4) is 0 Å². The Labute approximate surface area is 134 Å². The number of hydrogen-bond donors (Lipinski definition) is 2. The predicted octanol–water partition coefficient (Wildman–Crippen LogP) is 4.16. The summed E-state index contributed by atoms with van der Waals surface area (Å²) in [7, 11) is 0. The van der Waals surface area contributed by atoms with Gasteiger partial charge in [-0.3, -0.25) is 4.79 Å². The molecule has 1 atom stereocenters. The van der Waals surface area contributed by atoms with E-state index < -0.39 is 11.6 Å². The van der Waals surface area contributed by atoms with Gasteiger partial charge in [-0.1, -0.05) is 19.1 Å². The summed E-state index contributed by atoms with van der Waals surface area (Å²) in [5, 5.41) is 5.94. The fourth-order valence-electron chi connectivity index (χ4n) is 2.16. The molecule has 0 aromatic heterocycles. The summed E-state index contributed by atoms with van der Waals surface area (Å²) in [6, 6.07) is 10.8. The summed E-state index contributed by atoms with van der Waals surface area (Å²) >= 11 is 0. The van der Waals surface area contributed by atoms with Gasteiger partial charge in [-0.25, -0.2) is 8.78 Å². The summed E-state index contributed by atoms with van der Waals surface area (Å²) in [4.78, 5) is 11.3. The Kier molecular flexibility index (Phi) is 5.82. The van der Waals surface area contributed by atoms with Gasteiger partial charge in [-0.2, -0.15) is 0 Å². The molecule has 0 aliphatic carbocycles. The fourth-order valence-corrected chi connectivity index (χ4v) is 2.16. The first-order chi connectivity index (χ1) is 11.0. The molecule has 2 N–H and O–H groups in total. The predicted molar refractivity (Wildman–Crippen MR) is 87.0 cm³/mol. The Balaban J connectivity index is 1.96. The second-order valence-corrected chi connectivity index (χ2v) is 5.36. The molecule has 2 aromatic carbocycles. The molecule has 0 unspecified atom stereocenters. The van der Waals surface area contributed by atoms with Crippen molar-refractivity contribution in [1.82, 2.24) is 5.32 Å². The van der Waals surface area contributed by atoms with Crippen molar-refractivity contribution in [3.63, 3.8) is 0 Å². The highest BCUT2D eigenvalue weighted by Gasteiger charge is 2.08. The molecule has 0 aliphatic rings. The zero-order valence-corrected chi connectivity index (χ0v) is 13.2. The second-order valence-electron chi connectivity index (χ2n) is 5.36. The SMILES string of the molecule is CCC(=O)Nc1ccc([C@@H](C)NCc2cc(F)ccc2F)cc1. The Morgan fingerprint density at radius 3 is 2.48 bits per heavy atom. The van der Waals surface area contributed by atoms with E-state index in [4.69, 9.17) is 0 Å². The van der Waals surface area contributed by atoms with Crippen molar-refractivity contribution < 1.29 is 13.6 Å². The van der Waals surface area contributed by atoms with Crippen molar-refractivity contribution in [3.05, 3.63) is 65.2 Å². The van der Waals surface area contributed by atoms with Crippen LogP contribution in [0.25, 0.3) is 0 Å². The molecule has 0 saturated carbocycles. The number of nitrogens with one attached hydrogen (secondary N) is 2. The molecule has 1 amide bonds. The van der Waals surface area contributed by atoms with Crippen molar-refractivity contribution in [1.29, 1.82) is 0 Å². The van der Waals surface area contributed by atoms with Crippen molar-refractivity contribution in [2.24, 2.45) is 0 Å². The van der Waals surface area contributed by atoms with Gasteiger partial charge < -0.3 is 10.6 Å². The first-order valence-corrected chi connectivity index (χ1v) is 7.56. The lowest BCUT2D eigenvalue weighted by Gasteiger charge is -2.15. The highest BCUT2D eigenvalue weighted by Crippen LogP contribution is 2.17. The van der Waals surface area contributed by atoms with E-state index in [1.807, 2.05) is 31.2 Å². The van der Waals surface area contributed by atoms with E-state index in [1.165, 1.54) is 6.07 Å². The number of rotatable bonds is 6. The topological polar surface area (TPSA) is 41.1 Å². The Morgan fingerprint density at radius 2 is 1.83 bits per heavy atom. The lowest BCUT2D eigenvalue weighted by molar-refractivity contribution is -0.115. The summed E-state index contributed by atoms with van der Waals surface area (Å²) in [5.41, 5.74) is 2.03. The average Bonchev–Trinajstić information content (AvgIpc) is 2.56. The van der Waals surface area contributed by atoms with E-state index in [0.717, 1.165) is 23.4 Å². The molecule has 2 rings (SSSR count). The van der Waals surface area contributed by atoms with Crippen molar-refractivity contribution in [3.8, 4) is 0 Å². The molecule has 23 heavy (non-hydrogen) atoms. The van der Waals surface area contributed by atoms with Crippen molar-refractivity contribution in [2.45, 2.75) is 32.9 Å². The normalized spacial score (nSPS) is 12.0. The van der Waals surface area contributed by atoms with Crippen molar-refractivity contribution in [2.75, 3.05) is 5.32 Å². The quantitative estimate of drug-likeness (QED) is 0.839. The van der Waals surface area contributed by atoms with Gasteiger partial charge in [0.1, 0.15) is 11.6 Å². The minimum Gasteiger partial charge on any atom is -0.326 e. The lowest BCUT2D eigenvalue weighted by Crippen LogP contribution is -2.19. The molecule has 0 heterocycles. The van der Waals surface area contributed by atoms with Gasteiger partial charge in [-0.05, 0) is 42.8 Å². The van der Waals surface area contributed by atoms with Gasteiger partial charge in [0.15, 0.2) is 0 Å². The third-order valence-corrected chi connectivity index (χ3v) is 3.62. The largest absolute Gasteiger partial charge is 0.326 e. The monoisotopic (exact) mass is 318 g/mol. The van der Waals surface area contributed by atoms with Gasteiger partial charge in [0, 0.05) is 30.3 Å². The highest BCUT2D eigenvalue weighted by atomic mass is 19.1. The van der Waals surface area contributed by atoms with E-state index in [-0.39, 0.29) is 18.5 Å². The van der Waals surface area contributed by atoms with Crippen LogP contribution in [0.4, 0.5) is 14.5 Å². The number of benzene rings is 2. The number of carbonyl (C=O) groups is 1. The van der Waals surface area contributed by atoms with Gasteiger partial charge in [0.25, 0.3) is 0 Å². The standard InChI is InChI=1S/C18H20F2N2O/c1-3-18(23)22-16-7-4-13(5-8-16)12(2)21-11-14-10-15(19)6-9-17(14)20/h4-10,12,21H,3,11H2,1-2H3,(H,22,23)/t12-/m1/s1. The number of carbonyl (C=O) groups excluding carboxylic acids is 1. The molecule has 0 fully saturated rings. The van der Waals surface area contributed by atoms with Crippen LogP contribution >= 0.6 is 0 Å². The van der Waals surface area contributed by atoms with E-state index in [1.54, 1.807) is 6.92 Å². The number of amides is 1. The lowest BCUT2D eigenvalue weighted by atomic mass is 10.1. The second kappa shape index (κ2) is 7.83. The number of anilines is 1. The van der Waals surface area contributed by atoms with E-state index >= 15 is 0 Å². The smallest absolute Gasteiger partial charge is 0.224 e. The third kappa shape index (κ3) is 4.86. The third-order valence-electron chi connectivity index (χ3n) is 3.62. The first kappa shape index (κ1) is 17.1.